The Balaban J connectivity index is 1.98. The molecule has 2 amide bonds. The maximum absolute atomic E-state index is 12.0. The zero-order chi connectivity index (χ0) is 14.7. The van der Waals surface area contributed by atoms with Gasteiger partial charge in [0.15, 0.2) is 5.17 Å². The maximum atomic E-state index is 12.0. The van der Waals surface area contributed by atoms with Gasteiger partial charge >= 0.3 is 0 Å². The molecule has 0 spiro atoms. The summed E-state index contributed by atoms with van der Waals surface area (Å²) in [6, 6.07) is 5.83. The highest BCUT2D eigenvalue weighted by atomic mass is 32.2. The number of hydrogen-bond acceptors (Lipinski definition) is 4. The summed E-state index contributed by atoms with van der Waals surface area (Å²) in [5.41, 5.74) is 2.95. The lowest BCUT2D eigenvalue weighted by molar-refractivity contribution is -0.122. The third-order valence-electron chi connectivity index (χ3n) is 3.01. The lowest BCUT2D eigenvalue weighted by Gasteiger charge is -2.10. The van der Waals surface area contributed by atoms with Crippen LogP contribution in [0.15, 0.2) is 23.2 Å². The van der Waals surface area contributed by atoms with E-state index in [1.807, 2.05) is 32.0 Å². The largest absolute Gasteiger partial charge is 0.326 e. The van der Waals surface area contributed by atoms with Gasteiger partial charge in [-0.1, -0.05) is 29.5 Å². The number of carbonyl (C=O) groups is 2. The van der Waals surface area contributed by atoms with Gasteiger partial charge < -0.3 is 10.6 Å². The van der Waals surface area contributed by atoms with Gasteiger partial charge in [0.25, 0.3) is 0 Å². The molecule has 2 N–H and O–H groups in total. The van der Waals surface area contributed by atoms with Crippen LogP contribution in [0, 0.1) is 13.8 Å². The predicted octanol–water partition coefficient (Wildman–Crippen LogP) is 1.85. The highest BCUT2D eigenvalue weighted by molar-refractivity contribution is 8.15. The summed E-state index contributed by atoms with van der Waals surface area (Å²) >= 11 is 1.29. The Hall–Kier alpha value is -1.82. The smallest absolute Gasteiger partial charge is 0.240 e. The quantitative estimate of drug-likeness (QED) is 0.893. The maximum Gasteiger partial charge on any atom is 0.240 e. The summed E-state index contributed by atoms with van der Waals surface area (Å²) in [5, 5.41) is 5.65. The van der Waals surface area contributed by atoms with Crippen molar-refractivity contribution in [2.45, 2.75) is 25.5 Å². The minimum atomic E-state index is -0.403. The third kappa shape index (κ3) is 3.39. The minimum absolute atomic E-state index is 0.142. The summed E-state index contributed by atoms with van der Waals surface area (Å²) in [7, 11) is 1.61. The van der Waals surface area contributed by atoms with Crippen molar-refractivity contribution in [1.82, 2.24) is 5.32 Å². The van der Waals surface area contributed by atoms with Crippen molar-refractivity contribution < 1.29 is 9.59 Å². The van der Waals surface area contributed by atoms with Crippen LogP contribution >= 0.6 is 11.8 Å². The molecule has 1 fully saturated rings. The first-order valence-corrected chi connectivity index (χ1v) is 7.19. The van der Waals surface area contributed by atoms with Gasteiger partial charge in [-0.25, -0.2) is 0 Å². The first kappa shape index (κ1) is 14.6. The number of aryl methyl sites for hydroxylation is 2. The van der Waals surface area contributed by atoms with Crippen molar-refractivity contribution >= 4 is 34.4 Å². The summed E-state index contributed by atoms with van der Waals surface area (Å²) in [6.45, 7) is 3.95. The summed E-state index contributed by atoms with van der Waals surface area (Å²) < 4.78 is 0. The number of carbonyl (C=O) groups excluding carboxylic acids is 2. The molecule has 0 saturated carbocycles. The van der Waals surface area contributed by atoms with E-state index in [4.69, 9.17) is 0 Å². The van der Waals surface area contributed by atoms with Gasteiger partial charge in [-0.2, -0.15) is 0 Å². The monoisotopic (exact) mass is 291 g/mol. The topological polar surface area (TPSA) is 70.6 Å². The Bertz CT molecular complexity index is 584. The first-order valence-electron chi connectivity index (χ1n) is 6.31. The van der Waals surface area contributed by atoms with E-state index < -0.39 is 5.25 Å². The second-order valence-corrected chi connectivity index (χ2v) is 5.89. The third-order valence-corrected chi connectivity index (χ3v) is 4.18. The van der Waals surface area contributed by atoms with E-state index >= 15 is 0 Å². The molecular weight excluding hydrogens is 274 g/mol. The second-order valence-electron chi connectivity index (χ2n) is 4.70. The van der Waals surface area contributed by atoms with Crippen molar-refractivity contribution in [2.75, 3.05) is 12.4 Å². The number of nitrogens with one attached hydrogen (secondary N) is 2. The summed E-state index contributed by atoms with van der Waals surface area (Å²) in [6.07, 6.45) is 0.142. The second kappa shape index (κ2) is 6.09. The van der Waals surface area contributed by atoms with E-state index in [9.17, 15) is 9.59 Å². The molecule has 0 aliphatic carbocycles. The number of thioether (sulfide) groups is 1. The molecule has 1 atom stereocenters. The summed E-state index contributed by atoms with van der Waals surface area (Å²) in [4.78, 5) is 27.6. The van der Waals surface area contributed by atoms with E-state index in [2.05, 4.69) is 15.6 Å². The fourth-order valence-corrected chi connectivity index (χ4v) is 2.91. The Labute approximate surface area is 122 Å². The predicted molar refractivity (Wildman–Crippen MR) is 82.0 cm³/mol. The van der Waals surface area contributed by atoms with Crippen molar-refractivity contribution in [3.05, 3.63) is 29.3 Å². The minimum Gasteiger partial charge on any atom is -0.326 e. The highest BCUT2D eigenvalue weighted by Crippen LogP contribution is 2.23. The molecule has 1 aromatic rings. The van der Waals surface area contributed by atoms with Gasteiger partial charge in [0.1, 0.15) is 5.25 Å². The van der Waals surface area contributed by atoms with Crippen LogP contribution in [0.1, 0.15) is 17.5 Å². The van der Waals surface area contributed by atoms with E-state index in [-0.39, 0.29) is 18.2 Å². The van der Waals surface area contributed by atoms with E-state index in [1.54, 1.807) is 7.05 Å². The van der Waals surface area contributed by atoms with Crippen molar-refractivity contribution in [2.24, 2.45) is 4.99 Å². The Morgan fingerprint density at radius 1 is 1.45 bits per heavy atom. The Kier molecular flexibility index (Phi) is 4.44. The molecule has 0 bridgehead atoms. The SMILES string of the molecule is C/N=C1\NC(=O)C(CC(=O)Nc2ccc(C)cc2C)S1. The molecule has 0 radical (unpaired) electrons. The van der Waals surface area contributed by atoms with Crippen LogP contribution in [0.25, 0.3) is 0 Å². The molecule has 1 aromatic carbocycles. The van der Waals surface area contributed by atoms with Gasteiger partial charge in [0.2, 0.25) is 11.8 Å². The van der Waals surface area contributed by atoms with Gasteiger partial charge in [-0.05, 0) is 25.5 Å². The molecule has 1 heterocycles. The number of amidine groups is 1. The molecule has 6 heteroatoms. The zero-order valence-corrected chi connectivity index (χ0v) is 12.5. The molecule has 0 aromatic heterocycles. The molecule has 1 saturated heterocycles. The lowest BCUT2D eigenvalue weighted by atomic mass is 10.1. The number of anilines is 1. The number of rotatable bonds is 3. The molecule has 106 valence electrons. The Morgan fingerprint density at radius 2 is 2.20 bits per heavy atom. The highest BCUT2D eigenvalue weighted by Gasteiger charge is 2.31. The lowest BCUT2D eigenvalue weighted by Crippen LogP contribution is -2.28. The zero-order valence-electron chi connectivity index (χ0n) is 11.7. The van der Waals surface area contributed by atoms with Crippen molar-refractivity contribution in [1.29, 1.82) is 0 Å². The van der Waals surface area contributed by atoms with Crippen LogP contribution in [0.5, 0.6) is 0 Å². The van der Waals surface area contributed by atoms with E-state index in [1.165, 1.54) is 11.8 Å². The average molecular weight is 291 g/mol. The van der Waals surface area contributed by atoms with Crippen molar-refractivity contribution in [3.8, 4) is 0 Å². The molecule has 2 rings (SSSR count). The van der Waals surface area contributed by atoms with Crippen LogP contribution in [0.4, 0.5) is 5.69 Å². The molecule has 20 heavy (non-hydrogen) atoms. The van der Waals surface area contributed by atoms with Crippen LogP contribution in [0.2, 0.25) is 0 Å². The van der Waals surface area contributed by atoms with Crippen LogP contribution in [-0.4, -0.2) is 29.3 Å². The van der Waals surface area contributed by atoms with E-state index in [0.29, 0.717) is 5.17 Å². The average Bonchev–Trinajstić information content (AvgIpc) is 2.74. The first-order chi connectivity index (χ1) is 9.49. The van der Waals surface area contributed by atoms with Gasteiger partial charge in [-0.3, -0.25) is 14.6 Å². The fourth-order valence-electron chi connectivity index (χ4n) is 1.97. The standard InChI is InChI=1S/C14H17N3O2S/c1-8-4-5-10(9(2)6-8)16-12(18)7-11-13(19)17-14(15-3)20-11/h4-6,11H,7H2,1-3H3,(H,16,18)(H,15,17,19). The van der Waals surface area contributed by atoms with Crippen LogP contribution < -0.4 is 10.6 Å². The van der Waals surface area contributed by atoms with E-state index in [0.717, 1.165) is 16.8 Å². The molecule has 1 aliphatic rings. The molecular formula is C14H17N3O2S. The Morgan fingerprint density at radius 3 is 2.80 bits per heavy atom. The number of hydrogen-bond donors (Lipinski definition) is 2. The molecule has 1 unspecified atom stereocenters. The van der Waals surface area contributed by atoms with Gasteiger partial charge in [0, 0.05) is 19.2 Å². The molecule has 5 nitrogen and oxygen atoms in total. The van der Waals surface area contributed by atoms with Gasteiger partial charge in [-0.15, -0.1) is 0 Å². The van der Waals surface area contributed by atoms with Crippen molar-refractivity contribution in [3.63, 3.8) is 0 Å². The number of aliphatic imine (C=N–C) groups is 1. The number of nitrogens with zero attached hydrogens (tertiary/aromatic N) is 1. The number of benzene rings is 1. The summed E-state index contributed by atoms with van der Waals surface area (Å²) in [5.74, 6) is -0.326. The normalized spacial score (nSPS) is 20.1. The fraction of sp³-hybridized carbons (Fsp3) is 0.357. The molecule has 1 aliphatic heterocycles. The number of amides is 2. The van der Waals surface area contributed by atoms with Crippen LogP contribution in [-0.2, 0) is 9.59 Å². The van der Waals surface area contributed by atoms with Crippen LogP contribution in [0.3, 0.4) is 0 Å². The van der Waals surface area contributed by atoms with Gasteiger partial charge in [0.05, 0.1) is 0 Å².